The van der Waals surface area contributed by atoms with E-state index in [9.17, 15) is 4.79 Å². The molecule has 0 aromatic carbocycles. The molecule has 6 nitrogen and oxygen atoms in total. The lowest BCUT2D eigenvalue weighted by Crippen LogP contribution is -2.41. The SMILES string of the molecule is O=C(Nc1cccnc1)[C@@H]1C[C@H]2CCN(Cc3ccoc3)C[C@@H]2O1. The lowest BCUT2D eigenvalue weighted by molar-refractivity contribution is -0.127. The van der Waals surface area contributed by atoms with Crippen molar-refractivity contribution >= 4 is 11.6 Å². The fourth-order valence-corrected chi connectivity index (χ4v) is 3.61. The molecule has 1 amide bonds. The summed E-state index contributed by atoms with van der Waals surface area (Å²) in [6, 6.07) is 5.63. The van der Waals surface area contributed by atoms with Crippen LogP contribution < -0.4 is 5.32 Å². The zero-order valence-corrected chi connectivity index (χ0v) is 13.4. The molecule has 0 radical (unpaired) electrons. The number of aromatic nitrogens is 1. The van der Waals surface area contributed by atoms with E-state index in [-0.39, 0.29) is 18.1 Å². The summed E-state index contributed by atoms with van der Waals surface area (Å²) in [5.41, 5.74) is 1.89. The van der Waals surface area contributed by atoms with E-state index >= 15 is 0 Å². The minimum atomic E-state index is -0.367. The van der Waals surface area contributed by atoms with E-state index in [1.165, 1.54) is 5.56 Å². The van der Waals surface area contributed by atoms with Gasteiger partial charge in [0.1, 0.15) is 6.10 Å². The number of rotatable bonds is 4. The maximum atomic E-state index is 12.4. The molecule has 2 fully saturated rings. The van der Waals surface area contributed by atoms with Crippen LogP contribution in [0.1, 0.15) is 18.4 Å². The molecule has 0 saturated carbocycles. The molecule has 6 heteroatoms. The first-order valence-electron chi connectivity index (χ1n) is 8.38. The molecule has 2 aromatic rings. The van der Waals surface area contributed by atoms with Gasteiger partial charge < -0.3 is 14.5 Å². The maximum absolute atomic E-state index is 12.4. The van der Waals surface area contributed by atoms with E-state index in [0.29, 0.717) is 11.6 Å². The van der Waals surface area contributed by atoms with Crippen LogP contribution in [0.15, 0.2) is 47.5 Å². The number of hydrogen-bond donors (Lipinski definition) is 1. The van der Waals surface area contributed by atoms with Gasteiger partial charge in [0.2, 0.25) is 0 Å². The highest BCUT2D eigenvalue weighted by atomic mass is 16.5. The van der Waals surface area contributed by atoms with Crippen LogP contribution in [0.5, 0.6) is 0 Å². The molecule has 3 atom stereocenters. The van der Waals surface area contributed by atoms with Gasteiger partial charge in [-0.25, -0.2) is 0 Å². The van der Waals surface area contributed by atoms with Crippen LogP contribution >= 0.6 is 0 Å². The van der Waals surface area contributed by atoms with E-state index in [4.69, 9.17) is 9.15 Å². The van der Waals surface area contributed by atoms with Gasteiger partial charge in [-0.15, -0.1) is 0 Å². The predicted octanol–water partition coefficient (Wildman–Crippen LogP) is 2.29. The number of fused-ring (bicyclic) bond motifs is 1. The summed E-state index contributed by atoms with van der Waals surface area (Å²) in [5.74, 6) is 0.397. The van der Waals surface area contributed by atoms with Gasteiger partial charge in [-0.1, -0.05) is 0 Å². The van der Waals surface area contributed by atoms with Crippen molar-refractivity contribution in [3.63, 3.8) is 0 Å². The number of hydrogen-bond acceptors (Lipinski definition) is 5. The van der Waals surface area contributed by atoms with Gasteiger partial charge in [0.25, 0.3) is 5.91 Å². The minimum absolute atomic E-state index is 0.0706. The fourth-order valence-electron chi connectivity index (χ4n) is 3.61. The van der Waals surface area contributed by atoms with E-state index < -0.39 is 0 Å². The van der Waals surface area contributed by atoms with Crippen molar-refractivity contribution in [3.8, 4) is 0 Å². The number of carbonyl (C=O) groups excluding carboxylic acids is 1. The first-order valence-corrected chi connectivity index (χ1v) is 8.38. The topological polar surface area (TPSA) is 67.6 Å². The first-order chi connectivity index (χ1) is 11.8. The average Bonchev–Trinajstić information content (AvgIpc) is 3.25. The van der Waals surface area contributed by atoms with E-state index in [1.54, 1.807) is 31.0 Å². The summed E-state index contributed by atoms with van der Waals surface area (Å²) in [5, 5.41) is 2.89. The van der Waals surface area contributed by atoms with Gasteiger partial charge in [0, 0.05) is 24.8 Å². The van der Waals surface area contributed by atoms with Crippen molar-refractivity contribution < 1.29 is 13.9 Å². The third-order valence-electron chi connectivity index (χ3n) is 4.84. The fraction of sp³-hybridized carbons (Fsp3) is 0.444. The summed E-state index contributed by atoms with van der Waals surface area (Å²) >= 11 is 0. The van der Waals surface area contributed by atoms with Gasteiger partial charge in [0.05, 0.1) is 30.5 Å². The molecular formula is C18H21N3O3. The van der Waals surface area contributed by atoms with Crippen molar-refractivity contribution in [1.29, 1.82) is 0 Å². The van der Waals surface area contributed by atoms with Gasteiger partial charge in [-0.2, -0.15) is 0 Å². The number of amides is 1. The van der Waals surface area contributed by atoms with Gasteiger partial charge in [-0.3, -0.25) is 14.7 Å². The molecule has 4 rings (SSSR count). The summed E-state index contributed by atoms with van der Waals surface area (Å²) in [6.07, 6.45) is 8.45. The first kappa shape index (κ1) is 15.4. The third kappa shape index (κ3) is 3.34. The van der Waals surface area contributed by atoms with Gasteiger partial charge in [-0.05, 0) is 43.5 Å². The van der Waals surface area contributed by atoms with Crippen LogP contribution in [0, 0.1) is 5.92 Å². The second kappa shape index (κ2) is 6.75. The number of nitrogens with zero attached hydrogens (tertiary/aromatic N) is 2. The number of furan rings is 1. The highest BCUT2D eigenvalue weighted by Gasteiger charge is 2.41. The Labute approximate surface area is 140 Å². The standard InChI is InChI=1S/C18H21N3O3/c22-18(20-15-2-1-5-19-9-15)16-8-14-3-6-21(11-17(14)24-16)10-13-4-7-23-12-13/h1-2,4-5,7,9,12,14,16-17H,3,6,8,10-11H2,(H,20,22)/t14-,16+,17+/m1/s1. The second-order valence-corrected chi connectivity index (χ2v) is 6.55. The van der Waals surface area contributed by atoms with Crippen LogP contribution in [-0.4, -0.2) is 41.1 Å². The number of carbonyl (C=O) groups is 1. The molecule has 0 bridgehead atoms. The predicted molar refractivity (Wildman–Crippen MR) is 88.2 cm³/mol. The molecule has 24 heavy (non-hydrogen) atoms. The molecule has 126 valence electrons. The van der Waals surface area contributed by atoms with Crippen molar-refractivity contribution in [2.24, 2.45) is 5.92 Å². The smallest absolute Gasteiger partial charge is 0.253 e. The molecule has 2 aliphatic rings. The number of piperidine rings is 1. The third-order valence-corrected chi connectivity index (χ3v) is 4.84. The Kier molecular flexibility index (Phi) is 4.32. The molecule has 0 aliphatic carbocycles. The normalized spacial score (nSPS) is 26.9. The number of pyridine rings is 1. The van der Waals surface area contributed by atoms with Crippen molar-refractivity contribution in [3.05, 3.63) is 48.7 Å². The zero-order chi connectivity index (χ0) is 16.4. The lowest BCUT2D eigenvalue weighted by Gasteiger charge is -2.33. The maximum Gasteiger partial charge on any atom is 0.253 e. The summed E-state index contributed by atoms with van der Waals surface area (Å²) < 4.78 is 11.2. The minimum Gasteiger partial charge on any atom is -0.472 e. The number of nitrogens with one attached hydrogen (secondary N) is 1. The largest absolute Gasteiger partial charge is 0.472 e. The molecule has 0 unspecified atom stereocenters. The molecule has 1 N–H and O–H groups in total. The average molecular weight is 327 g/mol. The Hall–Kier alpha value is -2.18. The van der Waals surface area contributed by atoms with E-state index in [2.05, 4.69) is 15.2 Å². The lowest BCUT2D eigenvalue weighted by atomic mass is 9.91. The number of ether oxygens (including phenoxy) is 1. The number of likely N-dealkylation sites (tertiary alicyclic amines) is 1. The molecule has 2 aliphatic heterocycles. The van der Waals surface area contributed by atoms with Crippen molar-refractivity contribution in [2.45, 2.75) is 31.6 Å². The Morgan fingerprint density at radius 1 is 1.42 bits per heavy atom. The second-order valence-electron chi connectivity index (χ2n) is 6.55. The Balaban J connectivity index is 1.33. The summed E-state index contributed by atoms with van der Waals surface area (Å²) in [4.78, 5) is 18.8. The summed E-state index contributed by atoms with van der Waals surface area (Å²) in [7, 11) is 0. The quantitative estimate of drug-likeness (QED) is 0.933. The highest BCUT2D eigenvalue weighted by molar-refractivity contribution is 5.94. The van der Waals surface area contributed by atoms with Gasteiger partial charge >= 0.3 is 0 Å². The Bertz CT molecular complexity index is 674. The molecular weight excluding hydrogens is 306 g/mol. The highest BCUT2D eigenvalue weighted by Crippen LogP contribution is 2.34. The molecule has 0 spiro atoms. The molecule has 4 heterocycles. The van der Waals surface area contributed by atoms with Crippen molar-refractivity contribution in [2.75, 3.05) is 18.4 Å². The van der Waals surface area contributed by atoms with E-state index in [1.807, 2.05) is 12.1 Å². The Morgan fingerprint density at radius 2 is 2.38 bits per heavy atom. The monoisotopic (exact) mass is 327 g/mol. The van der Waals surface area contributed by atoms with Crippen LogP contribution in [0.3, 0.4) is 0 Å². The van der Waals surface area contributed by atoms with Gasteiger partial charge in [0.15, 0.2) is 0 Å². The van der Waals surface area contributed by atoms with Crippen molar-refractivity contribution in [1.82, 2.24) is 9.88 Å². The molecule has 2 aromatic heterocycles. The zero-order valence-electron chi connectivity index (χ0n) is 13.4. The van der Waals surface area contributed by atoms with Crippen LogP contribution in [0.2, 0.25) is 0 Å². The van der Waals surface area contributed by atoms with Crippen LogP contribution in [-0.2, 0) is 16.1 Å². The molecule has 2 saturated heterocycles. The number of anilines is 1. The van der Waals surface area contributed by atoms with Crippen LogP contribution in [0.25, 0.3) is 0 Å². The summed E-state index contributed by atoms with van der Waals surface area (Å²) in [6.45, 7) is 2.77. The van der Waals surface area contributed by atoms with Crippen LogP contribution in [0.4, 0.5) is 5.69 Å². The van der Waals surface area contributed by atoms with E-state index in [0.717, 1.165) is 32.5 Å². The Morgan fingerprint density at radius 3 is 3.17 bits per heavy atom.